The van der Waals surface area contributed by atoms with Crippen molar-refractivity contribution in [1.29, 1.82) is 5.41 Å². The SMILES string of the molecule is C=CC(=O)Nc1cccc(Oc2nc(C(=N)Cc3ccccc3OC)ncc2C)c1. The molecule has 0 saturated carbocycles. The zero-order chi connectivity index (χ0) is 21.5. The Morgan fingerprint density at radius 1 is 1.23 bits per heavy atom. The van der Waals surface area contributed by atoms with Crippen LogP contribution in [0.15, 0.2) is 67.4 Å². The van der Waals surface area contributed by atoms with Crippen LogP contribution in [0, 0.1) is 12.3 Å². The van der Waals surface area contributed by atoms with Crippen LogP contribution in [-0.2, 0) is 11.2 Å². The lowest BCUT2D eigenvalue weighted by atomic mass is 10.1. The number of aryl methyl sites for hydroxylation is 1. The average molecular weight is 402 g/mol. The molecule has 7 nitrogen and oxygen atoms in total. The van der Waals surface area contributed by atoms with Gasteiger partial charge in [0.25, 0.3) is 0 Å². The molecule has 0 spiro atoms. The summed E-state index contributed by atoms with van der Waals surface area (Å²) in [4.78, 5) is 20.2. The van der Waals surface area contributed by atoms with Crippen LogP contribution in [0.2, 0.25) is 0 Å². The smallest absolute Gasteiger partial charge is 0.247 e. The Kier molecular flexibility index (Phi) is 6.54. The maximum absolute atomic E-state index is 11.5. The molecular formula is C23H22N4O3. The molecule has 3 rings (SSSR count). The third-order valence-electron chi connectivity index (χ3n) is 4.26. The number of carbonyl (C=O) groups is 1. The summed E-state index contributed by atoms with van der Waals surface area (Å²) in [5.41, 5.74) is 2.43. The number of nitrogens with zero attached hydrogens (tertiary/aromatic N) is 2. The molecule has 3 aromatic rings. The first-order valence-electron chi connectivity index (χ1n) is 9.25. The van der Waals surface area contributed by atoms with Crippen LogP contribution < -0.4 is 14.8 Å². The van der Waals surface area contributed by atoms with Gasteiger partial charge in [0, 0.05) is 35.5 Å². The second-order valence-corrected chi connectivity index (χ2v) is 6.47. The van der Waals surface area contributed by atoms with Gasteiger partial charge in [-0.1, -0.05) is 30.8 Å². The van der Waals surface area contributed by atoms with Crippen LogP contribution in [0.3, 0.4) is 0 Å². The highest BCUT2D eigenvalue weighted by Gasteiger charge is 2.13. The molecule has 152 valence electrons. The lowest BCUT2D eigenvalue weighted by molar-refractivity contribution is -0.111. The average Bonchev–Trinajstić information content (AvgIpc) is 2.75. The lowest BCUT2D eigenvalue weighted by Gasteiger charge is -2.12. The van der Waals surface area contributed by atoms with Crippen molar-refractivity contribution >= 4 is 17.3 Å². The number of amides is 1. The monoisotopic (exact) mass is 402 g/mol. The summed E-state index contributed by atoms with van der Waals surface area (Å²) < 4.78 is 11.3. The van der Waals surface area contributed by atoms with E-state index >= 15 is 0 Å². The first-order valence-corrected chi connectivity index (χ1v) is 9.25. The van der Waals surface area contributed by atoms with E-state index in [1.54, 1.807) is 37.6 Å². The summed E-state index contributed by atoms with van der Waals surface area (Å²) in [7, 11) is 1.60. The van der Waals surface area contributed by atoms with Crippen LogP contribution in [0.1, 0.15) is 17.0 Å². The fraction of sp³-hybridized carbons (Fsp3) is 0.130. The Hall–Kier alpha value is -4.00. The van der Waals surface area contributed by atoms with Crippen molar-refractivity contribution in [1.82, 2.24) is 9.97 Å². The molecule has 0 aliphatic heterocycles. The first-order chi connectivity index (χ1) is 14.5. The van der Waals surface area contributed by atoms with E-state index in [0.717, 1.165) is 11.1 Å². The summed E-state index contributed by atoms with van der Waals surface area (Å²) >= 11 is 0. The van der Waals surface area contributed by atoms with Gasteiger partial charge in [-0.05, 0) is 31.2 Å². The number of hydrogen-bond donors (Lipinski definition) is 2. The van der Waals surface area contributed by atoms with Crippen molar-refractivity contribution in [3.8, 4) is 17.4 Å². The number of hydrogen-bond acceptors (Lipinski definition) is 6. The lowest BCUT2D eigenvalue weighted by Crippen LogP contribution is -2.11. The van der Waals surface area contributed by atoms with E-state index in [1.807, 2.05) is 31.2 Å². The van der Waals surface area contributed by atoms with Crippen LogP contribution in [0.5, 0.6) is 17.4 Å². The minimum atomic E-state index is -0.308. The van der Waals surface area contributed by atoms with Crippen molar-refractivity contribution in [2.75, 3.05) is 12.4 Å². The topological polar surface area (TPSA) is 97.2 Å². The Morgan fingerprint density at radius 2 is 2.03 bits per heavy atom. The van der Waals surface area contributed by atoms with Gasteiger partial charge < -0.3 is 20.2 Å². The standard InChI is InChI=1S/C23H22N4O3/c1-4-21(28)26-17-9-7-10-18(13-17)30-23-15(2)14-25-22(27-23)19(24)12-16-8-5-6-11-20(16)29-3/h4-11,13-14,24H,1,12H2,2-3H3,(H,26,28). The number of rotatable bonds is 8. The molecule has 0 unspecified atom stereocenters. The molecule has 7 heteroatoms. The molecule has 1 amide bonds. The van der Waals surface area contributed by atoms with Gasteiger partial charge in [-0.15, -0.1) is 0 Å². The van der Waals surface area contributed by atoms with Crippen molar-refractivity contribution in [2.24, 2.45) is 0 Å². The fourth-order valence-electron chi connectivity index (χ4n) is 2.74. The Bertz CT molecular complexity index is 1100. The molecule has 0 aliphatic carbocycles. The zero-order valence-corrected chi connectivity index (χ0v) is 16.8. The largest absolute Gasteiger partial charge is 0.496 e. The molecule has 0 aliphatic rings. The van der Waals surface area contributed by atoms with Gasteiger partial charge in [0.05, 0.1) is 12.8 Å². The minimum Gasteiger partial charge on any atom is -0.496 e. The molecule has 30 heavy (non-hydrogen) atoms. The van der Waals surface area contributed by atoms with Crippen LogP contribution >= 0.6 is 0 Å². The number of para-hydroxylation sites is 1. The molecule has 2 aromatic carbocycles. The summed E-state index contributed by atoms with van der Waals surface area (Å²) in [6, 6.07) is 14.5. The van der Waals surface area contributed by atoms with Crippen molar-refractivity contribution in [3.63, 3.8) is 0 Å². The Balaban J connectivity index is 1.80. The molecule has 2 N–H and O–H groups in total. The van der Waals surface area contributed by atoms with E-state index in [0.29, 0.717) is 29.5 Å². The number of methoxy groups -OCH3 is 1. The second-order valence-electron chi connectivity index (χ2n) is 6.47. The van der Waals surface area contributed by atoms with Gasteiger partial charge in [0.15, 0.2) is 5.82 Å². The number of ether oxygens (including phenoxy) is 2. The van der Waals surface area contributed by atoms with Crippen LogP contribution in [-0.4, -0.2) is 28.7 Å². The van der Waals surface area contributed by atoms with Gasteiger partial charge in [-0.25, -0.2) is 4.98 Å². The highest BCUT2D eigenvalue weighted by Crippen LogP contribution is 2.26. The van der Waals surface area contributed by atoms with Gasteiger partial charge in [-0.2, -0.15) is 4.98 Å². The van der Waals surface area contributed by atoms with Gasteiger partial charge in [0.2, 0.25) is 11.8 Å². The van der Waals surface area contributed by atoms with Gasteiger partial charge in [-0.3, -0.25) is 4.79 Å². The highest BCUT2D eigenvalue weighted by molar-refractivity contribution is 5.99. The van der Waals surface area contributed by atoms with E-state index in [1.165, 1.54) is 6.08 Å². The maximum Gasteiger partial charge on any atom is 0.247 e. The summed E-state index contributed by atoms with van der Waals surface area (Å²) in [6.45, 7) is 5.26. The van der Waals surface area contributed by atoms with E-state index in [-0.39, 0.29) is 17.4 Å². The zero-order valence-electron chi connectivity index (χ0n) is 16.8. The van der Waals surface area contributed by atoms with Crippen LogP contribution in [0.4, 0.5) is 5.69 Å². The van der Waals surface area contributed by atoms with Gasteiger partial charge in [0.1, 0.15) is 11.5 Å². The molecule has 0 saturated heterocycles. The van der Waals surface area contributed by atoms with Crippen molar-refractivity contribution in [2.45, 2.75) is 13.3 Å². The van der Waals surface area contributed by atoms with Crippen molar-refractivity contribution in [3.05, 3.63) is 84.3 Å². The quantitative estimate of drug-likeness (QED) is 0.432. The molecular weight excluding hydrogens is 380 g/mol. The van der Waals surface area contributed by atoms with E-state index < -0.39 is 0 Å². The number of anilines is 1. The minimum absolute atomic E-state index is 0.247. The second kappa shape index (κ2) is 9.47. The first kappa shape index (κ1) is 20.7. The van der Waals surface area contributed by atoms with Gasteiger partial charge >= 0.3 is 0 Å². The Labute approximate surface area is 174 Å². The van der Waals surface area contributed by atoms with Crippen LogP contribution in [0.25, 0.3) is 0 Å². The normalized spacial score (nSPS) is 10.2. The van der Waals surface area contributed by atoms with Crippen molar-refractivity contribution < 1.29 is 14.3 Å². The number of aromatic nitrogens is 2. The molecule has 0 fully saturated rings. The highest BCUT2D eigenvalue weighted by atomic mass is 16.5. The molecule has 1 heterocycles. The third-order valence-corrected chi connectivity index (χ3v) is 4.26. The predicted octanol–water partition coefficient (Wildman–Crippen LogP) is 4.32. The number of benzene rings is 2. The van der Waals surface area contributed by atoms with E-state index in [9.17, 15) is 4.79 Å². The Morgan fingerprint density at radius 3 is 2.80 bits per heavy atom. The fourth-order valence-corrected chi connectivity index (χ4v) is 2.74. The summed E-state index contributed by atoms with van der Waals surface area (Å²) in [5, 5.41) is 11.1. The maximum atomic E-state index is 11.5. The van der Waals surface area contributed by atoms with E-state index in [4.69, 9.17) is 14.9 Å². The number of nitrogens with one attached hydrogen (secondary N) is 2. The molecule has 0 bridgehead atoms. The summed E-state index contributed by atoms with van der Waals surface area (Å²) in [5.74, 6) is 1.53. The molecule has 1 aromatic heterocycles. The predicted molar refractivity (Wildman–Crippen MR) is 116 cm³/mol. The molecule has 0 atom stereocenters. The summed E-state index contributed by atoms with van der Waals surface area (Å²) in [6.07, 6.45) is 3.15. The van der Waals surface area contributed by atoms with E-state index in [2.05, 4.69) is 21.9 Å². The number of carbonyl (C=O) groups excluding carboxylic acids is 1. The molecule has 0 radical (unpaired) electrons. The third kappa shape index (κ3) is 5.08.